The third kappa shape index (κ3) is 2.99. The van der Waals surface area contributed by atoms with Crippen LogP contribution < -0.4 is 10.5 Å². The number of aryl methyl sites for hydroxylation is 1. The zero-order valence-electron chi connectivity index (χ0n) is 14.7. The van der Waals surface area contributed by atoms with Gasteiger partial charge in [0.25, 0.3) is 5.56 Å². The minimum absolute atomic E-state index is 0.0126. The van der Waals surface area contributed by atoms with E-state index in [1.165, 1.54) is 17.8 Å². The third-order valence-electron chi connectivity index (χ3n) is 4.84. The number of piperidine rings is 1. The van der Waals surface area contributed by atoms with E-state index in [2.05, 4.69) is 11.0 Å². The number of fused-ring (bicyclic) bond motifs is 1. The molecule has 0 aliphatic carbocycles. The first-order valence-electron chi connectivity index (χ1n) is 8.91. The standard InChI is InChI=1S/C20H20N4OS/c1-14-11-17-18(26-14)19(25)24(13-16-8-4-3-7-15(16)12-21)20(22-17)23-9-5-2-6-10-23/h3-4,7-8,11H,2,5-6,9-10,13H2,1H3. The Labute approximate surface area is 156 Å². The van der Waals surface area contributed by atoms with Crippen LogP contribution in [0.25, 0.3) is 10.2 Å². The molecule has 4 rings (SSSR count). The van der Waals surface area contributed by atoms with Gasteiger partial charge in [-0.3, -0.25) is 9.36 Å². The van der Waals surface area contributed by atoms with E-state index in [0.717, 1.165) is 47.8 Å². The number of benzene rings is 1. The molecule has 0 unspecified atom stereocenters. The van der Waals surface area contributed by atoms with Gasteiger partial charge in [0.2, 0.25) is 5.95 Å². The van der Waals surface area contributed by atoms with Crippen molar-refractivity contribution >= 4 is 27.5 Å². The van der Waals surface area contributed by atoms with Crippen molar-refractivity contribution in [2.24, 2.45) is 0 Å². The SMILES string of the molecule is Cc1cc2nc(N3CCCCC3)n(Cc3ccccc3C#N)c(=O)c2s1. The van der Waals surface area contributed by atoms with E-state index >= 15 is 0 Å². The second-order valence-corrected chi connectivity index (χ2v) is 7.95. The molecule has 0 spiro atoms. The Morgan fingerprint density at radius 1 is 1.23 bits per heavy atom. The van der Waals surface area contributed by atoms with Gasteiger partial charge in [0.05, 0.1) is 23.7 Å². The fraction of sp³-hybridized carbons (Fsp3) is 0.350. The summed E-state index contributed by atoms with van der Waals surface area (Å²) >= 11 is 1.49. The van der Waals surface area contributed by atoms with Gasteiger partial charge >= 0.3 is 0 Å². The van der Waals surface area contributed by atoms with Crippen molar-refractivity contribution in [3.8, 4) is 6.07 Å². The lowest BCUT2D eigenvalue weighted by Crippen LogP contribution is -2.36. The third-order valence-corrected chi connectivity index (χ3v) is 5.87. The van der Waals surface area contributed by atoms with E-state index in [1.807, 2.05) is 31.2 Å². The fourth-order valence-electron chi connectivity index (χ4n) is 3.53. The second kappa shape index (κ2) is 6.93. The molecule has 1 saturated heterocycles. The molecule has 3 heterocycles. The Balaban J connectivity index is 1.89. The summed E-state index contributed by atoms with van der Waals surface area (Å²) in [5.74, 6) is 0.729. The molecule has 0 atom stereocenters. The van der Waals surface area contributed by atoms with Crippen molar-refractivity contribution in [2.45, 2.75) is 32.7 Å². The van der Waals surface area contributed by atoms with Gasteiger partial charge in [-0.1, -0.05) is 18.2 Å². The Morgan fingerprint density at radius 3 is 2.77 bits per heavy atom. The summed E-state index contributed by atoms with van der Waals surface area (Å²) in [6.07, 6.45) is 3.45. The zero-order chi connectivity index (χ0) is 18.1. The number of hydrogen-bond acceptors (Lipinski definition) is 5. The van der Waals surface area contributed by atoms with Crippen LogP contribution in [0.2, 0.25) is 0 Å². The summed E-state index contributed by atoms with van der Waals surface area (Å²) in [7, 11) is 0. The number of nitrogens with zero attached hydrogens (tertiary/aromatic N) is 4. The van der Waals surface area contributed by atoms with Crippen LogP contribution in [0.4, 0.5) is 5.95 Å². The summed E-state index contributed by atoms with van der Waals surface area (Å²) in [5.41, 5.74) is 2.22. The molecule has 5 nitrogen and oxygen atoms in total. The van der Waals surface area contributed by atoms with Gasteiger partial charge in [-0.25, -0.2) is 4.98 Å². The zero-order valence-corrected chi connectivity index (χ0v) is 15.6. The molecule has 1 aromatic carbocycles. The number of rotatable bonds is 3. The minimum atomic E-state index is -0.0126. The van der Waals surface area contributed by atoms with Gasteiger partial charge in [-0.15, -0.1) is 11.3 Å². The highest BCUT2D eigenvalue weighted by molar-refractivity contribution is 7.18. The summed E-state index contributed by atoms with van der Waals surface area (Å²) in [4.78, 5) is 21.4. The summed E-state index contributed by atoms with van der Waals surface area (Å²) in [6, 6.07) is 11.7. The van der Waals surface area contributed by atoms with Crippen molar-refractivity contribution in [1.29, 1.82) is 5.26 Å². The Hall–Kier alpha value is -2.65. The molecule has 1 fully saturated rings. The molecular formula is C20H20N4OS. The van der Waals surface area contributed by atoms with E-state index in [-0.39, 0.29) is 5.56 Å². The van der Waals surface area contributed by atoms with Gasteiger partial charge in [-0.2, -0.15) is 5.26 Å². The van der Waals surface area contributed by atoms with E-state index in [9.17, 15) is 10.1 Å². The number of aromatic nitrogens is 2. The summed E-state index contributed by atoms with van der Waals surface area (Å²) in [6.45, 7) is 4.21. The maximum absolute atomic E-state index is 13.2. The largest absolute Gasteiger partial charge is 0.342 e. The maximum Gasteiger partial charge on any atom is 0.273 e. The molecule has 6 heteroatoms. The Bertz CT molecular complexity index is 1050. The van der Waals surface area contributed by atoms with Crippen molar-refractivity contribution in [3.63, 3.8) is 0 Å². The van der Waals surface area contributed by atoms with E-state index in [1.54, 1.807) is 10.6 Å². The molecule has 0 radical (unpaired) electrons. The Kier molecular flexibility index (Phi) is 4.48. The number of thiophene rings is 1. The van der Waals surface area contributed by atoms with Crippen molar-refractivity contribution < 1.29 is 0 Å². The molecule has 1 aliphatic heterocycles. The molecule has 0 N–H and O–H groups in total. The molecule has 132 valence electrons. The van der Waals surface area contributed by atoms with Crippen molar-refractivity contribution in [1.82, 2.24) is 9.55 Å². The average Bonchev–Trinajstić information content (AvgIpc) is 3.05. The smallest absolute Gasteiger partial charge is 0.273 e. The van der Waals surface area contributed by atoms with Crippen molar-refractivity contribution in [3.05, 3.63) is 56.7 Å². The van der Waals surface area contributed by atoms with Crippen molar-refractivity contribution in [2.75, 3.05) is 18.0 Å². The first kappa shape index (κ1) is 16.8. The van der Waals surface area contributed by atoms with Crippen LogP contribution in [-0.4, -0.2) is 22.6 Å². The normalized spacial score (nSPS) is 14.5. The molecule has 26 heavy (non-hydrogen) atoms. The summed E-state index contributed by atoms with van der Waals surface area (Å²) in [5, 5.41) is 9.40. The Morgan fingerprint density at radius 2 is 2.00 bits per heavy atom. The molecular weight excluding hydrogens is 344 g/mol. The first-order chi connectivity index (χ1) is 12.7. The van der Waals surface area contributed by atoms with Gasteiger partial charge in [0, 0.05) is 18.0 Å². The van der Waals surface area contributed by atoms with E-state index < -0.39 is 0 Å². The molecule has 0 saturated carbocycles. The summed E-state index contributed by atoms with van der Waals surface area (Å²) < 4.78 is 2.44. The lowest BCUT2D eigenvalue weighted by Gasteiger charge is -2.29. The molecule has 0 bridgehead atoms. The van der Waals surface area contributed by atoms with Crippen LogP contribution in [0.15, 0.2) is 35.1 Å². The number of nitriles is 1. The van der Waals surface area contributed by atoms with Gasteiger partial charge in [-0.05, 0) is 43.9 Å². The first-order valence-corrected chi connectivity index (χ1v) is 9.73. The van der Waals surface area contributed by atoms with Crippen LogP contribution in [0.1, 0.15) is 35.3 Å². The minimum Gasteiger partial charge on any atom is -0.342 e. The quantitative estimate of drug-likeness (QED) is 0.711. The van der Waals surface area contributed by atoms with Crippen LogP contribution in [0.3, 0.4) is 0 Å². The van der Waals surface area contributed by atoms with E-state index in [0.29, 0.717) is 16.8 Å². The predicted molar refractivity (Wildman–Crippen MR) is 105 cm³/mol. The molecule has 3 aromatic rings. The van der Waals surface area contributed by atoms with Crippen LogP contribution >= 0.6 is 11.3 Å². The van der Waals surface area contributed by atoms with Gasteiger partial charge < -0.3 is 4.90 Å². The van der Waals surface area contributed by atoms with Gasteiger partial charge in [0.1, 0.15) is 4.70 Å². The monoisotopic (exact) mass is 364 g/mol. The highest BCUT2D eigenvalue weighted by Crippen LogP contribution is 2.25. The predicted octanol–water partition coefficient (Wildman–Crippen LogP) is 3.68. The second-order valence-electron chi connectivity index (χ2n) is 6.69. The number of hydrogen-bond donors (Lipinski definition) is 0. The van der Waals surface area contributed by atoms with Crippen LogP contribution in [0.5, 0.6) is 0 Å². The molecule has 1 aliphatic rings. The molecule has 2 aromatic heterocycles. The topological polar surface area (TPSA) is 61.9 Å². The van der Waals surface area contributed by atoms with Crippen LogP contribution in [0, 0.1) is 18.3 Å². The van der Waals surface area contributed by atoms with Gasteiger partial charge in [0.15, 0.2) is 0 Å². The average molecular weight is 364 g/mol. The number of anilines is 1. The molecule has 0 amide bonds. The highest BCUT2D eigenvalue weighted by atomic mass is 32.1. The lowest BCUT2D eigenvalue weighted by molar-refractivity contribution is 0.553. The highest BCUT2D eigenvalue weighted by Gasteiger charge is 2.20. The fourth-order valence-corrected chi connectivity index (χ4v) is 4.43. The van der Waals surface area contributed by atoms with E-state index in [4.69, 9.17) is 4.98 Å². The lowest BCUT2D eigenvalue weighted by atomic mass is 10.1. The maximum atomic E-state index is 13.2. The van der Waals surface area contributed by atoms with Crippen LogP contribution in [-0.2, 0) is 6.54 Å².